The summed E-state index contributed by atoms with van der Waals surface area (Å²) in [4.78, 5) is 4.32. The lowest BCUT2D eigenvalue weighted by Crippen LogP contribution is -2.51. The molecule has 3 N–H and O–H groups in total. The van der Waals surface area contributed by atoms with E-state index >= 15 is 0 Å². The first-order valence-corrected chi connectivity index (χ1v) is 5.27. The fraction of sp³-hybridized carbons (Fsp3) is 0.545. The summed E-state index contributed by atoms with van der Waals surface area (Å²) in [7, 11) is 1.62. The lowest BCUT2D eigenvalue weighted by molar-refractivity contribution is 0.286. The first-order chi connectivity index (χ1) is 7.28. The predicted octanol–water partition coefficient (Wildman–Crippen LogP) is 1.38. The van der Waals surface area contributed by atoms with Crippen molar-refractivity contribution in [1.82, 2.24) is 4.98 Å². The highest BCUT2D eigenvalue weighted by molar-refractivity contribution is 5.41. The van der Waals surface area contributed by atoms with Gasteiger partial charge in [-0.15, -0.1) is 0 Å². The molecule has 4 nitrogen and oxygen atoms in total. The molecule has 0 amide bonds. The average molecular weight is 207 g/mol. The van der Waals surface area contributed by atoms with Gasteiger partial charge in [0.05, 0.1) is 12.6 Å². The minimum absolute atomic E-state index is 0.0688. The Labute approximate surface area is 89.8 Å². The number of hydrogen-bond donors (Lipinski definition) is 2. The molecule has 0 bridgehead atoms. The minimum Gasteiger partial charge on any atom is -0.481 e. The van der Waals surface area contributed by atoms with Gasteiger partial charge in [-0.3, -0.25) is 0 Å². The van der Waals surface area contributed by atoms with Crippen LogP contribution in [0.3, 0.4) is 0 Å². The standard InChI is InChI=1S/C11H17N3O/c1-15-10-5-2-4-9(13-10)14-11(8-12)6-3-7-11/h2,4-5H,3,6-8,12H2,1H3,(H,13,14). The number of nitrogens with two attached hydrogens (primary N) is 1. The van der Waals surface area contributed by atoms with E-state index in [2.05, 4.69) is 10.3 Å². The molecule has 1 aliphatic carbocycles. The van der Waals surface area contributed by atoms with Crippen molar-refractivity contribution in [1.29, 1.82) is 0 Å². The van der Waals surface area contributed by atoms with Gasteiger partial charge in [0, 0.05) is 12.6 Å². The van der Waals surface area contributed by atoms with Crippen molar-refractivity contribution in [3.63, 3.8) is 0 Å². The molecule has 1 aliphatic rings. The van der Waals surface area contributed by atoms with E-state index in [0.717, 1.165) is 18.7 Å². The van der Waals surface area contributed by atoms with Crippen molar-refractivity contribution >= 4 is 5.82 Å². The smallest absolute Gasteiger partial charge is 0.214 e. The zero-order valence-electron chi connectivity index (χ0n) is 8.99. The molecule has 0 unspecified atom stereocenters. The highest BCUT2D eigenvalue weighted by atomic mass is 16.5. The van der Waals surface area contributed by atoms with E-state index in [1.54, 1.807) is 7.11 Å². The summed E-state index contributed by atoms with van der Waals surface area (Å²) in [5.74, 6) is 1.48. The molecule has 4 heteroatoms. The Bertz CT molecular complexity index is 331. The second kappa shape index (κ2) is 4.06. The van der Waals surface area contributed by atoms with Crippen molar-refractivity contribution in [2.75, 3.05) is 19.0 Å². The zero-order valence-corrected chi connectivity index (χ0v) is 8.99. The maximum atomic E-state index is 5.77. The third-order valence-corrected chi connectivity index (χ3v) is 3.03. The SMILES string of the molecule is COc1cccc(NC2(CN)CCC2)n1. The molecule has 1 aromatic heterocycles. The molecule has 0 atom stereocenters. The zero-order chi connectivity index (χ0) is 10.7. The molecule has 0 aromatic carbocycles. The summed E-state index contributed by atoms with van der Waals surface area (Å²) in [5.41, 5.74) is 5.83. The number of pyridine rings is 1. The first-order valence-electron chi connectivity index (χ1n) is 5.27. The monoisotopic (exact) mass is 207 g/mol. The lowest BCUT2D eigenvalue weighted by Gasteiger charge is -2.42. The number of hydrogen-bond acceptors (Lipinski definition) is 4. The van der Waals surface area contributed by atoms with Crippen LogP contribution in [-0.2, 0) is 0 Å². The van der Waals surface area contributed by atoms with Gasteiger partial charge in [-0.1, -0.05) is 6.07 Å². The van der Waals surface area contributed by atoms with Gasteiger partial charge in [-0.25, -0.2) is 0 Å². The van der Waals surface area contributed by atoms with Crippen molar-refractivity contribution < 1.29 is 4.74 Å². The third-order valence-electron chi connectivity index (χ3n) is 3.03. The molecule has 1 fully saturated rings. The summed E-state index contributed by atoms with van der Waals surface area (Å²) >= 11 is 0. The summed E-state index contributed by atoms with van der Waals surface area (Å²) in [5, 5.41) is 3.40. The fourth-order valence-corrected chi connectivity index (χ4v) is 1.85. The Morgan fingerprint density at radius 2 is 2.33 bits per heavy atom. The van der Waals surface area contributed by atoms with Gasteiger partial charge < -0.3 is 15.8 Å². The fourth-order valence-electron chi connectivity index (χ4n) is 1.85. The van der Waals surface area contributed by atoms with Gasteiger partial charge in [0.1, 0.15) is 5.82 Å². The summed E-state index contributed by atoms with van der Waals surface area (Å²) in [6.45, 7) is 0.659. The number of nitrogens with zero attached hydrogens (tertiary/aromatic N) is 1. The van der Waals surface area contributed by atoms with Crippen LogP contribution in [0.4, 0.5) is 5.82 Å². The molecule has 0 aliphatic heterocycles. The summed E-state index contributed by atoms with van der Waals surface area (Å²) < 4.78 is 5.07. The van der Waals surface area contributed by atoms with Gasteiger partial charge in [0.2, 0.25) is 5.88 Å². The van der Waals surface area contributed by atoms with Crippen LogP contribution in [0.25, 0.3) is 0 Å². The second-order valence-electron chi connectivity index (χ2n) is 4.03. The Morgan fingerprint density at radius 1 is 1.53 bits per heavy atom. The van der Waals surface area contributed by atoms with Crippen LogP contribution >= 0.6 is 0 Å². The molecule has 2 rings (SSSR count). The van der Waals surface area contributed by atoms with Crippen LogP contribution in [0.5, 0.6) is 5.88 Å². The van der Waals surface area contributed by atoms with E-state index in [1.165, 1.54) is 6.42 Å². The highest BCUT2D eigenvalue weighted by Gasteiger charge is 2.35. The number of anilines is 1. The molecule has 1 saturated carbocycles. The first kappa shape index (κ1) is 10.2. The number of aromatic nitrogens is 1. The van der Waals surface area contributed by atoms with Crippen molar-refractivity contribution in [2.24, 2.45) is 5.73 Å². The second-order valence-corrected chi connectivity index (χ2v) is 4.03. The van der Waals surface area contributed by atoms with Gasteiger partial charge in [-0.05, 0) is 25.3 Å². The maximum absolute atomic E-state index is 5.77. The van der Waals surface area contributed by atoms with Crippen molar-refractivity contribution in [3.8, 4) is 5.88 Å². The Balaban J connectivity index is 2.09. The Kier molecular flexibility index (Phi) is 2.77. The number of nitrogens with one attached hydrogen (secondary N) is 1. The Morgan fingerprint density at radius 3 is 2.87 bits per heavy atom. The van der Waals surface area contributed by atoms with Crippen LogP contribution in [0.1, 0.15) is 19.3 Å². The minimum atomic E-state index is 0.0688. The largest absolute Gasteiger partial charge is 0.481 e. The molecular weight excluding hydrogens is 190 g/mol. The third kappa shape index (κ3) is 2.04. The van der Waals surface area contributed by atoms with Gasteiger partial charge in [-0.2, -0.15) is 4.98 Å². The van der Waals surface area contributed by atoms with Crippen molar-refractivity contribution in [3.05, 3.63) is 18.2 Å². The van der Waals surface area contributed by atoms with Gasteiger partial charge in [0.15, 0.2) is 0 Å². The highest BCUT2D eigenvalue weighted by Crippen LogP contribution is 2.34. The van der Waals surface area contributed by atoms with Gasteiger partial charge >= 0.3 is 0 Å². The topological polar surface area (TPSA) is 60.2 Å². The molecule has 1 aromatic rings. The Hall–Kier alpha value is -1.29. The maximum Gasteiger partial charge on any atom is 0.214 e. The van der Waals surface area contributed by atoms with E-state index in [4.69, 9.17) is 10.5 Å². The van der Waals surface area contributed by atoms with E-state index in [1.807, 2.05) is 18.2 Å². The van der Waals surface area contributed by atoms with Crippen LogP contribution in [-0.4, -0.2) is 24.2 Å². The van der Waals surface area contributed by atoms with Crippen molar-refractivity contribution in [2.45, 2.75) is 24.8 Å². The average Bonchev–Trinajstić information content (AvgIpc) is 2.24. The molecule has 0 radical (unpaired) electrons. The van der Waals surface area contributed by atoms with Gasteiger partial charge in [0.25, 0.3) is 0 Å². The number of methoxy groups -OCH3 is 1. The molecular formula is C11H17N3O. The van der Waals surface area contributed by atoms with E-state index < -0.39 is 0 Å². The summed E-state index contributed by atoms with van der Waals surface area (Å²) in [6, 6.07) is 5.70. The number of ether oxygens (including phenoxy) is 1. The van der Waals surface area contributed by atoms with E-state index in [9.17, 15) is 0 Å². The van der Waals surface area contributed by atoms with E-state index in [-0.39, 0.29) is 5.54 Å². The molecule has 0 saturated heterocycles. The van der Waals surface area contributed by atoms with Crippen LogP contribution < -0.4 is 15.8 Å². The molecule has 1 heterocycles. The summed E-state index contributed by atoms with van der Waals surface area (Å²) in [6.07, 6.45) is 3.50. The molecule has 0 spiro atoms. The normalized spacial score (nSPS) is 18.0. The van der Waals surface area contributed by atoms with Crippen LogP contribution in [0.15, 0.2) is 18.2 Å². The van der Waals surface area contributed by atoms with Crippen LogP contribution in [0, 0.1) is 0 Å². The number of rotatable bonds is 4. The van der Waals surface area contributed by atoms with Crippen LogP contribution in [0.2, 0.25) is 0 Å². The lowest BCUT2D eigenvalue weighted by atomic mass is 9.77. The molecule has 15 heavy (non-hydrogen) atoms. The van der Waals surface area contributed by atoms with E-state index in [0.29, 0.717) is 12.4 Å². The predicted molar refractivity (Wildman–Crippen MR) is 60.0 cm³/mol. The molecule has 82 valence electrons. The quantitative estimate of drug-likeness (QED) is 0.783.